The van der Waals surface area contributed by atoms with Crippen LogP contribution in [0.2, 0.25) is 0 Å². The molecule has 0 aromatic carbocycles. The average molecular weight is 170 g/mol. The Morgan fingerprint density at radius 3 is 2.00 bits per heavy atom. The minimum atomic E-state index is -0.422. The van der Waals surface area contributed by atoms with Crippen molar-refractivity contribution in [1.29, 1.82) is 0 Å². The molecule has 0 N–H and O–H groups in total. The molecular weight excluding hydrogens is 152 g/mol. The Morgan fingerprint density at radius 1 is 1.33 bits per heavy atom. The molecule has 2 heteroatoms. The summed E-state index contributed by atoms with van der Waals surface area (Å²) >= 11 is 0. The molecule has 70 valence electrons. The molecular formula is C10H18O2. The third-order valence-corrected chi connectivity index (χ3v) is 1.36. The zero-order valence-corrected chi connectivity index (χ0v) is 8.60. The van der Waals surface area contributed by atoms with E-state index in [1.807, 2.05) is 34.6 Å². The van der Waals surface area contributed by atoms with Crippen LogP contribution in [0.1, 0.15) is 34.6 Å². The van der Waals surface area contributed by atoms with Crippen LogP contribution in [0.25, 0.3) is 0 Å². The van der Waals surface area contributed by atoms with Gasteiger partial charge in [0.05, 0.1) is 0 Å². The van der Waals surface area contributed by atoms with Gasteiger partial charge in [0.2, 0.25) is 0 Å². The Labute approximate surface area is 74.6 Å². The lowest BCUT2D eigenvalue weighted by molar-refractivity contribution is -0.150. The zero-order chi connectivity index (χ0) is 9.94. The molecule has 0 unspecified atom stereocenters. The van der Waals surface area contributed by atoms with Crippen molar-refractivity contribution in [3.8, 4) is 0 Å². The second-order valence-electron chi connectivity index (χ2n) is 4.18. The van der Waals surface area contributed by atoms with Gasteiger partial charge in [-0.3, -0.25) is 0 Å². The van der Waals surface area contributed by atoms with Crippen LogP contribution < -0.4 is 0 Å². The third-order valence-electron chi connectivity index (χ3n) is 1.36. The summed E-state index contributed by atoms with van der Waals surface area (Å²) in [5.74, 6) is -0.141. The first-order valence-electron chi connectivity index (χ1n) is 4.16. The molecule has 0 atom stereocenters. The SMILES string of the molecule is C=C(C(=O)OC(C)(C)C)C(C)C. The van der Waals surface area contributed by atoms with Gasteiger partial charge < -0.3 is 4.74 Å². The van der Waals surface area contributed by atoms with Crippen LogP contribution in [0.5, 0.6) is 0 Å². The van der Waals surface area contributed by atoms with Crippen molar-refractivity contribution < 1.29 is 9.53 Å². The predicted octanol–water partition coefficient (Wildman–Crippen LogP) is 2.54. The lowest BCUT2D eigenvalue weighted by Gasteiger charge is -2.21. The van der Waals surface area contributed by atoms with Crippen LogP contribution in [0.3, 0.4) is 0 Å². The second-order valence-corrected chi connectivity index (χ2v) is 4.18. The lowest BCUT2D eigenvalue weighted by Crippen LogP contribution is -2.25. The van der Waals surface area contributed by atoms with E-state index >= 15 is 0 Å². The molecule has 0 spiro atoms. The number of carbonyl (C=O) groups excluding carboxylic acids is 1. The smallest absolute Gasteiger partial charge is 0.334 e. The van der Waals surface area contributed by atoms with Crippen LogP contribution in [0.15, 0.2) is 12.2 Å². The van der Waals surface area contributed by atoms with E-state index in [2.05, 4.69) is 6.58 Å². The summed E-state index contributed by atoms with van der Waals surface area (Å²) in [4.78, 5) is 11.3. The van der Waals surface area contributed by atoms with Crippen molar-refractivity contribution in [1.82, 2.24) is 0 Å². The fourth-order valence-electron chi connectivity index (χ4n) is 0.579. The molecule has 0 radical (unpaired) electrons. The summed E-state index contributed by atoms with van der Waals surface area (Å²) in [6, 6.07) is 0. The number of rotatable bonds is 2. The Hall–Kier alpha value is -0.790. The number of hydrogen-bond donors (Lipinski definition) is 0. The molecule has 2 nitrogen and oxygen atoms in total. The fraction of sp³-hybridized carbons (Fsp3) is 0.700. The molecule has 0 aromatic heterocycles. The standard InChI is InChI=1S/C10H18O2/c1-7(2)8(3)9(11)12-10(4,5)6/h7H,3H2,1-2,4-6H3. The first-order valence-corrected chi connectivity index (χ1v) is 4.16. The van der Waals surface area contributed by atoms with Crippen LogP contribution in [-0.4, -0.2) is 11.6 Å². The Kier molecular flexibility index (Phi) is 3.50. The van der Waals surface area contributed by atoms with Crippen LogP contribution >= 0.6 is 0 Å². The van der Waals surface area contributed by atoms with Gasteiger partial charge in [0.15, 0.2) is 0 Å². The summed E-state index contributed by atoms with van der Waals surface area (Å²) in [6.07, 6.45) is 0. The number of hydrogen-bond acceptors (Lipinski definition) is 2. The highest BCUT2D eigenvalue weighted by atomic mass is 16.6. The van der Waals surface area contributed by atoms with Crippen molar-refractivity contribution >= 4 is 5.97 Å². The van der Waals surface area contributed by atoms with Crippen molar-refractivity contribution in [3.05, 3.63) is 12.2 Å². The highest BCUT2D eigenvalue weighted by Gasteiger charge is 2.19. The van der Waals surface area contributed by atoms with Gasteiger partial charge >= 0.3 is 5.97 Å². The second kappa shape index (κ2) is 3.74. The van der Waals surface area contributed by atoms with E-state index in [1.54, 1.807) is 0 Å². The molecule has 0 aliphatic carbocycles. The zero-order valence-electron chi connectivity index (χ0n) is 8.60. The molecule has 0 amide bonds. The minimum Gasteiger partial charge on any atom is -0.457 e. The molecule has 0 fully saturated rings. The van der Waals surface area contributed by atoms with Gasteiger partial charge in [0.25, 0.3) is 0 Å². The van der Waals surface area contributed by atoms with Gasteiger partial charge in [0.1, 0.15) is 5.60 Å². The largest absolute Gasteiger partial charge is 0.457 e. The molecule has 0 saturated carbocycles. The molecule has 0 aromatic rings. The van der Waals surface area contributed by atoms with E-state index in [-0.39, 0.29) is 11.9 Å². The minimum absolute atomic E-state index is 0.153. The number of carbonyl (C=O) groups is 1. The van der Waals surface area contributed by atoms with Crippen LogP contribution in [0, 0.1) is 5.92 Å². The Morgan fingerprint density at radius 2 is 1.75 bits per heavy atom. The Bertz CT molecular complexity index is 185. The van der Waals surface area contributed by atoms with Gasteiger partial charge in [0, 0.05) is 5.57 Å². The first-order chi connectivity index (χ1) is 5.24. The van der Waals surface area contributed by atoms with Crippen LogP contribution in [0.4, 0.5) is 0 Å². The summed E-state index contributed by atoms with van der Waals surface area (Å²) in [5.41, 5.74) is 0.111. The topological polar surface area (TPSA) is 26.3 Å². The van der Waals surface area contributed by atoms with Gasteiger partial charge in [-0.15, -0.1) is 0 Å². The fourth-order valence-corrected chi connectivity index (χ4v) is 0.579. The maximum atomic E-state index is 11.3. The maximum Gasteiger partial charge on any atom is 0.334 e. The average Bonchev–Trinajstić information content (AvgIpc) is 1.82. The molecule has 0 saturated heterocycles. The highest BCUT2D eigenvalue weighted by Crippen LogP contribution is 2.14. The first kappa shape index (κ1) is 11.2. The van der Waals surface area contributed by atoms with Crippen molar-refractivity contribution in [3.63, 3.8) is 0 Å². The summed E-state index contributed by atoms with van der Waals surface area (Å²) in [7, 11) is 0. The summed E-state index contributed by atoms with van der Waals surface area (Å²) in [6.45, 7) is 13.0. The quantitative estimate of drug-likeness (QED) is 0.470. The summed E-state index contributed by atoms with van der Waals surface area (Å²) < 4.78 is 5.12. The normalized spacial score (nSPS) is 11.5. The lowest BCUT2D eigenvalue weighted by atomic mass is 10.1. The number of esters is 1. The predicted molar refractivity (Wildman–Crippen MR) is 49.8 cm³/mol. The van der Waals surface area contributed by atoms with Crippen LogP contribution in [-0.2, 0) is 9.53 Å². The van der Waals surface area contributed by atoms with E-state index < -0.39 is 5.60 Å². The molecule has 0 aliphatic heterocycles. The Balaban J connectivity index is 4.15. The van der Waals surface area contributed by atoms with Crippen molar-refractivity contribution in [2.45, 2.75) is 40.2 Å². The van der Waals surface area contributed by atoms with Gasteiger partial charge in [-0.05, 0) is 26.7 Å². The number of ether oxygens (including phenoxy) is 1. The van der Waals surface area contributed by atoms with E-state index in [1.165, 1.54) is 0 Å². The molecule has 12 heavy (non-hydrogen) atoms. The van der Waals surface area contributed by atoms with E-state index in [4.69, 9.17) is 4.74 Å². The molecule has 0 aliphatic rings. The van der Waals surface area contributed by atoms with Crippen molar-refractivity contribution in [2.75, 3.05) is 0 Å². The van der Waals surface area contributed by atoms with Gasteiger partial charge in [-0.25, -0.2) is 4.79 Å². The van der Waals surface area contributed by atoms with Gasteiger partial charge in [-0.1, -0.05) is 20.4 Å². The van der Waals surface area contributed by atoms with E-state index in [0.29, 0.717) is 5.57 Å². The highest BCUT2D eigenvalue weighted by molar-refractivity contribution is 5.88. The van der Waals surface area contributed by atoms with E-state index in [9.17, 15) is 4.79 Å². The molecule has 0 rings (SSSR count). The molecule has 0 bridgehead atoms. The molecule has 0 heterocycles. The van der Waals surface area contributed by atoms with E-state index in [0.717, 1.165) is 0 Å². The maximum absolute atomic E-state index is 11.3. The van der Waals surface area contributed by atoms with Crippen molar-refractivity contribution in [2.24, 2.45) is 5.92 Å². The third kappa shape index (κ3) is 4.16. The monoisotopic (exact) mass is 170 g/mol. The summed E-state index contributed by atoms with van der Waals surface area (Å²) in [5, 5.41) is 0. The van der Waals surface area contributed by atoms with Gasteiger partial charge in [-0.2, -0.15) is 0 Å².